The number of carbonyl (C=O) groups excluding carboxylic acids is 1. The fourth-order valence-electron chi connectivity index (χ4n) is 6.43. The van der Waals surface area contributed by atoms with Gasteiger partial charge in [0.2, 0.25) is 0 Å². The number of hydrogen-bond donors (Lipinski definition) is 1. The molecule has 2 fully saturated rings. The molecule has 5 rings (SSSR count). The van der Waals surface area contributed by atoms with E-state index >= 15 is 8.78 Å². The van der Waals surface area contributed by atoms with Crippen LogP contribution in [0.3, 0.4) is 0 Å². The first-order valence-electron chi connectivity index (χ1n) is 15.5. The number of benzene rings is 2. The minimum Gasteiger partial charge on any atom is -0.465 e. The Hall–Kier alpha value is -4.13. The van der Waals surface area contributed by atoms with E-state index in [1.165, 1.54) is 0 Å². The highest BCUT2D eigenvalue weighted by Gasteiger charge is 2.45. The molecule has 0 spiro atoms. The number of ether oxygens (including phenoxy) is 1. The maximum absolute atomic E-state index is 15.4. The second-order valence-corrected chi connectivity index (χ2v) is 13.4. The van der Waals surface area contributed by atoms with Gasteiger partial charge in [-0.1, -0.05) is 51.1 Å². The second-order valence-electron chi connectivity index (χ2n) is 13.4. The fraction of sp³-hybridized carbons (Fsp3) is 0.515. The number of rotatable bonds is 7. The number of alkyl halides is 1. The van der Waals surface area contributed by atoms with Gasteiger partial charge < -0.3 is 24.5 Å². The van der Waals surface area contributed by atoms with E-state index in [9.17, 15) is 19.1 Å². The molecule has 2 aliphatic rings. The SMILES string of the molecule is C[C@@H]1CN(C(=O)N(CC2CN(C(=O)O)CC2F)[C@@H](c2nc(-c3cc(F)ccc3F)nn2Cc2ccccc2)C(C)(C)C)C[C@H](C)O1. The van der Waals surface area contributed by atoms with Gasteiger partial charge in [-0.05, 0) is 43.0 Å². The van der Waals surface area contributed by atoms with Crippen LogP contribution in [0.2, 0.25) is 0 Å². The molecule has 13 heteroatoms. The van der Waals surface area contributed by atoms with Gasteiger partial charge in [-0.25, -0.2) is 32.4 Å². The number of halogens is 3. The number of amides is 3. The Bertz CT molecular complexity index is 1540. The average Bonchev–Trinajstić information content (AvgIpc) is 3.56. The molecule has 2 saturated heterocycles. The van der Waals surface area contributed by atoms with Crippen LogP contribution in [0.1, 0.15) is 52.0 Å². The van der Waals surface area contributed by atoms with Crippen LogP contribution >= 0.6 is 0 Å². The molecule has 0 bridgehead atoms. The van der Waals surface area contributed by atoms with Crippen LogP contribution in [0, 0.1) is 23.0 Å². The molecule has 2 unspecified atom stereocenters. The number of hydrogen-bond acceptors (Lipinski definition) is 5. The van der Waals surface area contributed by atoms with Gasteiger partial charge in [-0.2, -0.15) is 5.10 Å². The number of carbonyl (C=O) groups is 2. The van der Waals surface area contributed by atoms with Gasteiger partial charge in [0.25, 0.3) is 0 Å². The average molecular weight is 643 g/mol. The van der Waals surface area contributed by atoms with Crippen LogP contribution in [0.5, 0.6) is 0 Å². The molecule has 0 aliphatic carbocycles. The van der Waals surface area contributed by atoms with Crippen LogP contribution in [0.25, 0.3) is 11.4 Å². The lowest BCUT2D eigenvalue weighted by atomic mass is 9.84. The molecule has 3 aromatic rings. The van der Waals surface area contributed by atoms with E-state index in [1.54, 1.807) is 14.5 Å². The highest BCUT2D eigenvalue weighted by Crippen LogP contribution is 2.41. The summed E-state index contributed by atoms with van der Waals surface area (Å²) in [6.45, 7) is 9.83. The van der Waals surface area contributed by atoms with E-state index in [0.29, 0.717) is 18.9 Å². The van der Waals surface area contributed by atoms with Crippen LogP contribution in [-0.4, -0.2) is 97.8 Å². The molecule has 0 radical (unpaired) electrons. The topological polar surface area (TPSA) is 104 Å². The van der Waals surface area contributed by atoms with Crippen molar-refractivity contribution in [3.05, 3.63) is 71.6 Å². The van der Waals surface area contributed by atoms with Crippen molar-refractivity contribution in [3.8, 4) is 11.4 Å². The van der Waals surface area contributed by atoms with Crippen molar-refractivity contribution >= 4 is 12.1 Å². The van der Waals surface area contributed by atoms with Crippen molar-refractivity contribution in [2.45, 2.75) is 65.6 Å². The highest BCUT2D eigenvalue weighted by atomic mass is 19.1. The maximum Gasteiger partial charge on any atom is 0.407 e. The summed E-state index contributed by atoms with van der Waals surface area (Å²) in [5.41, 5.74) is -0.000832. The number of likely N-dealkylation sites (tertiary alicyclic amines) is 1. The smallest absolute Gasteiger partial charge is 0.407 e. The molecule has 46 heavy (non-hydrogen) atoms. The first kappa shape index (κ1) is 33.2. The van der Waals surface area contributed by atoms with Crippen molar-refractivity contribution in [1.29, 1.82) is 0 Å². The first-order chi connectivity index (χ1) is 21.7. The Kier molecular flexibility index (Phi) is 9.62. The Morgan fingerprint density at radius 2 is 1.70 bits per heavy atom. The predicted molar refractivity (Wildman–Crippen MR) is 165 cm³/mol. The number of morpholine rings is 1. The number of nitrogens with zero attached hydrogens (tertiary/aromatic N) is 6. The normalized spacial score (nSPS) is 22.6. The van der Waals surface area contributed by atoms with Crippen LogP contribution in [0.4, 0.5) is 22.8 Å². The third-order valence-electron chi connectivity index (χ3n) is 8.42. The second kappa shape index (κ2) is 13.3. The monoisotopic (exact) mass is 642 g/mol. The van der Waals surface area contributed by atoms with Crippen molar-refractivity contribution < 1.29 is 32.6 Å². The molecule has 5 atom stereocenters. The molecule has 248 valence electrons. The lowest BCUT2D eigenvalue weighted by molar-refractivity contribution is -0.0621. The van der Waals surface area contributed by atoms with E-state index in [4.69, 9.17) is 9.72 Å². The predicted octanol–water partition coefficient (Wildman–Crippen LogP) is 5.84. The summed E-state index contributed by atoms with van der Waals surface area (Å²) in [6.07, 6.45) is -3.20. The third kappa shape index (κ3) is 7.30. The molecule has 1 aromatic heterocycles. The van der Waals surface area contributed by atoms with E-state index in [1.807, 2.05) is 65.0 Å². The zero-order chi connectivity index (χ0) is 33.3. The lowest BCUT2D eigenvalue weighted by Crippen LogP contribution is -2.56. The maximum atomic E-state index is 15.4. The number of urea groups is 1. The Labute approximate surface area is 266 Å². The van der Waals surface area contributed by atoms with Crippen LogP contribution < -0.4 is 0 Å². The van der Waals surface area contributed by atoms with Crippen molar-refractivity contribution in [2.75, 3.05) is 32.7 Å². The largest absolute Gasteiger partial charge is 0.465 e. The van der Waals surface area contributed by atoms with Gasteiger partial charge in [-0.15, -0.1) is 0 Å². The number of carboxylic acid groups (broad SMARTS) is 1. The van der Waals surface area contributed by atoms with E-state index in [2.05, 4.69) is 5.10 Å². The van der Waals surface area contributed by atoms with Gasteiger partial charge in [0.15, 0.2) is 11.6 Å². The van der Waals surface area contributed by atoms with Crippen molar-refractivity contribution in [3.63, 3.8) is 0 Å². The standard InChI is InChI=1S/C33H41F3N6O4/c1-20-14-39(15-21(2)46-20)31(43)41(18-23-17-40(32(44)45)19-27(23)36)28(33(3,4)5)30-37-29(25-13-24(34)11-12-26(25)35)38-42(30)16-22-9-7-6-8-10-22/h6-13,20-21,23,27-28H,14-19H2,1-5H3,(H,44,45)/t20-,21+,23?,27?,28-/m0/s1. The van der Waals surface area contributed by atoms with Gasteiger partial charge in [-0.3, -0.25) is 0 Å². The van der Waals surface area contributed by atoms with Crippen LogP contribution in [0.15, 0.2) is 48.5 Å². The zero-order valence-electron chi connectivity index (χ0n) is 26.7. The van der Waals surface area contributed by atoms with Crippen molar-refractivity contribution in [1.82, 2.24) is 29.5 Å². The third-order valence-corrected chi connectivity index (χ3v) is 8.42. The summed E-state index contributed by atoms with van der Waals surface area (Å²) in [5, 5.41) is 14.2. The molecule has 2 aromatic carbocycles. The molecule has 2 aliphatic heterocycles. The Morgan fingerprint density at radius 3 is 2.30 bits per heavy atom. The number of aromatic nitrogens is 3. The molecular formula is C33H41F3N6O4. The van der Waals surface area contributed by atoms with Gasteiger partial charge in [0.05, 0.1) is 36.9 Å². The van der Waals surface area contributed by atoms with Crippen molar-refractivity contribution in [2.24, 2.45) is 11.3 Å². The zero-order valence-corrected chi connectivity index (χ0v) is 26.7. The highest BCUT2D eigenvalue weighted by molar-refractivity contribution is 5.75. The molecule has 1 N–H and O–H groups in total. The quantitative estimate of drug-likeness (QED) is 0.348. The van der Waals surface area contributed by atoms with E-state index in [0.717, 1.165) is 28.7 Å². The minimum atomic E-state index is -1.49. The van der Waals surface area contributed by atoms with Gasteiger partial charge in [0, 0.05) is 32.1 Å². The summed E-state index contributed by atoms with van der Waals surface area (Å²) < 4.78 is 52.2. The first-order valence-corrected chi connectivity index (χ1v) is 15.5. The molecular weight excluding hydrogens is 601 g/mol. The van der Waals surface area contributed by atoms with Gasteiger partial charge >= 0.3 is 12.1 Å². The van der Waals surface area contributed by atoms with E-state index < -0.39 is 41.3 Å². The minimum absolute atomic E-state index is 0.0560. The summed E-state index contributed by atoms with van der Waals surface area (Å²) >= 11 is 0. The molecule has 10 nitrogen and oxygen atoms in total. The summed E-state index contributed by atoms with van der Waals surface area (Å²) in [6, 6.07) is 11.2. The summed E-state index contributed by atoms with van der Waals surface area (Å²) in [4.78, 5) is 35.3. The molecule has 3 amide bonds. The fourth-order valence-corrected chi connectivity index (χ4v) is 6.43. The van der Waals surface area contributed by atoms with E-state index in [-0.39, 0.29) is 55.8 Å². The molecule has 3 heterocycles. The summed E-state index contributed by atoms with van der Waals surface area (Å²) in [7, 11) is 0. The van der Waals surface area contributed by atoms with Gasteiger partial charge in [0.1, 0.15) is 17.8 Å². The Morgan fingerprint density at radius 1 is 1.02 bits per heavy atom. The Balaban J connectivity index is 1.65. The molecule has 0 saturated carbocycles. The van der Waals surface area contributed by atoms with Crippen LogP contribution in [-0.2, 0) is 11.3 Å². The lowest BCUT2D eigenvalue weighted by Gasteiger charge is -2.45. The summed E-state index contributed by atoms with van der Waals surface area (Å²) in [5.74, 6) is -1.91.